The Morgan fingerprint density at radius 3 is 2.32 bits per heavy atom. The molecule has 28 heavy (non-hydrogen) atoms. The molecule has 0 aromatic heterocycles. The molecule has 1 fully saturated rings. The quantitative estimate of drug-likeness (QED) is 0.796. The average molecular weight is 426 g/mol. The zero-order valence-corrected chi connectivity index (χ0v) is 17.4. The van der Waals surface area contributed by atoms with E-state index >= 15 is 0 Å². The lowest BCUT2D eigenvalue weighted by molar-refractivity contribution is 0.102. The molecule has 2 aromatic rings. The van der Waals surface area contributed by atoms with Crippen molar-refractivity contribution in [2.45, 2.75) is 4.90 Å². The van der Waals surface area contributed by atoms with E-state index in [0.29, 0.717) is 18.9 Å². The van der Waals surface area contributed by atoms with E-state index in [0.717, 1.165) is 23.1 Å². The smallest absolute Gasteiger partial charge is 0.255 e. The van der Waals surface area contributed by atoms with Gasteiger partial charge >= 0.3 is 0 Å². The third kappa shape index (κ3) is 5.02. The molecule has 7 nitrogen and oxygen atoms in total. The molecule has 9 heteroatoms. The number of carbonyl (C=O) groups excluding carboxylic acids is 1. The molecule has 1 heterocycles. The van der Waals surface area contributed by atoms with Crippen molar-refractivity contribution in [1.82, 2.24) is 4.31 Å². The topological polar surface area (TPSA) is 79.0 Å². The van der Waals surface area contributed by atoms with Gasteiger partial charge in [-0.05, 0) is 42.5 Å². The summed E-state index contributed by atoms with van der Waals surface area (Å²) in [6, 6.07) is 13.6. The van der Waals surface area contributed by atoms with Gasteiger partial charge in [-0.3, -0.25) is 4.79 Å². The van der Waals surface area contributed by atoms with Crippen molar-refractivity contribution in [2.75, 3.05) is 50.6 Å². The summed E-state index contributed by atoms with van der Waals surface area (Å²) in [7, 11) is -0.673. The summed E-state index contributed by atoms with van der Waals surface area (Å²) in [5.41, 5.74) is 2.02. The monoisotopic (exact) mass is 425 g/mol. The van der Waals surface area contributed by atoms with Crippen LogP contribution in [-0.4, -0.2) is 59.0 Å². The van der Waals surface area contributed by atoms with E-state index in [2.05, 4.69) is 10.2 Å². The van der Waals surface area contributed by atoms with Crippen LogP contribution in [0, 0.1) is 0 Å². The number of benzene rings is 2. The lowest BCUT2D eigenvalue weighted by Crippen LogP contribution is -2.36. The van der Waals surface area contributed by atoms with Crippen LogP contribution in [0.1, 0.15) is 10.4 Å². The molecule has 0 saturated carbocycles. The highest BCUT2D eigenvalue weighted by atomic mass is 35.5. The van der Waals surface area contributed by atoms with Gasteiger partial charge in [-0.2, -0.15) is 0 Å². The van der Waals surface area contributed by atoms with Crippen LogP contribution in [-0.2, 0) is 14.8 Å². The molecule has 1 aliphatic heterocycles. The first-order chi connectivity index (χ1) is 12.9. The third-order valence-electron chi connectivity index (χ3n) is 4.38. The Labute approximate surface area is 171 Å². The number of nitrogens with zero attached hydrogens (tertiary/aromatic N) is 2. The van der Waals surface area contributed by atoms with Crippen LogP contribution < -0.4 is 10.2 Å². The minimum absolute atomic E-state index is 0. The SMILES string of the molecule is CN(C)S(=O)(=O)c1cccc(C(=O)Nc2ccc(N3CCOCC3)cc2)c1.Cl. The molecule has 0 unspecified atom stereocenters. The first kappa shape index (κ1) is 22.2. The van der Waals surface area contributed by atoms with E-state index in [1.807, 2.05) is 24.3 Å². The Balaban J connectivity index is 0.00000280. The molecule has 152 valence electrons. The summed E-state index contributed by atoms with van der Waals surface area (Å²) < 4.78 is 30.9. The van der Waals surface area contributed by atoms with E-state index in [1.165, 1.54) is 26.2 Å². The van der Waals surface area contributed by atoms with Crippen LogP contribution in [0.2, 0.25) is 0 Å². The number of rotatable bonds is 5. The number of amides is 1. The second-order valence-electron chi connectivity index (χ2n) is 6.42. The van der Waals surface area contributed by atoms with Gasteiger partial charge in [0.25, 0.3) is 5.91 Å². The Morgan fingerprint density at radius 2 is 1.71 bits per heavy atom. The minimum atomic E-state index is -3.59. The molecule has 0 radical (unpaired) electrons. The van der Waals surface area contributed by atoms with Crippen LogP contribution in [0.15, 0.2) is 53.4 Å². The molecule has 0 atom stereocenters. The van der Waals surface area contributed by atoms with E-state index < -0.39 is 10.0 Å². The maximum atomic E-state index is 12.5. The molecular weight excluding hydrogens is 402 g/mol. The minimum Gasteiger partial charge on any atom is -0.378 e. The number of sulfonamides is 1. The van der Waals surface area contributed by atoms with Crippen LogP contribution in [0.4, 0.5) is 11.4 Å². The summed E-state index contributed by atoms with van der Waals surface area (Å²) in [6.07, 6.45) is 0. The predicted octanol–water partition coefficient (Wildman–Crippen LogP) is 2.45. The summed E-state index contributed by atoms with van der Waals surface area (Å²) in [6.45, 7) is 3.12. The summed E-state index contributed by atoms with van der Waals surface area (Å²) in [5, 5.41) is 2.81. The molecular formula is C19H24ClN3O4S. The fraction of sp³-hybridized carbons (Fsp3) is 0.316. The van der Waals surface area contributed by atoms with E-state index in [4.69, 9.17) is 4.74 Å². The highest BCUT2D eigenvalue weighted by molar-refractivity contribution is 7.89. The third-order valence-corrected chi connectivity index (χ3v) is 6.19. The zero-order valence-electron chi connectivity index (χ0n) is 15.8. The maximum Gasteiger partial charge on any atom is 0.255 e. The molecule has 1 saturated heterocycles. The molecule has 2 aromatic carbocycles. The van der Waals surface area contributed by atoms with Crippen LogP contribution in [0.3, 0.4) is 0 Å². The fourth-order valence-electron chi connectivity index (χ4n) is 2.79. The first-order valence-electron chi connectivity index (χ1n) is 8.64. The standard InChI is InChI=1S/C19H23N3O4S.ClH/c1-21(2)27(24,25)18-5-3-4-15(14-18)19(23)20-16-6-8-17(9-7-16)22-10-12-26-13-11-22;/h3-9,14H,10-13H2,1-2H3,(H,20,23);1H. The van der Waals surface area contributed by atoms with Crippen LogP contribution >= 0.6 is 12.4 Å². The number of anilines is 2. The summed E-state index contributed by atoms with van der Waals surface area (Å²) in [5.74, 6) is -0.357. The highest BCUT2D eigenvalue weighted by Gasteiger charge is 2.19. The predicted molar refractivity (Wildman–Crippen MR) is 112 cm³/mol. The zero-order chi connectivity index (χ0) is 19.4. The molecule has 1 N–H and O–H groups in total. The van der Waals surface area contributed by atoms with Crippen molar-refractivity contribution in [3.8, 4) is 0 Å². The summed E-state index contributed by atoms with van der Waals surface area (Å²) in [4.78, 5) is 14.8. The Hall–Kier alpha value is -2.13. The average Bonchev–Trinajstić information content (AvgIpc) is 2.69. The van der Waals surface area contributed by atoms with E-state index in [-0.39, 0.29) is 28.8 Å². The number of carbonyl (C=O) groups is 1. The van der Waals surface area contributed by atoms with Gasteiger partial charge in [0.05, 0.1) is 18.1 Å². The van der Waals surface area contributed by atoms with Gasteiger partial charge in [0, 0.05) is 44.1 Å². The second kappa shape index (κ2) is 9.38. The lowest BCUT2D eigenvalue weighted by Gasteiger charge is -2.28. The Kier molecular flexibility index (Phi) is 7.42. The fourth-order valence-corrected chi connectivity index (χ4v) is 3.74. The Morgan fingerprint density at radius 1 is 1.07 bits per heavy atom. The maximum absolute atomic E-state index is 12.5. The number of hydrogen-bond donors (Lipinski definition) is 1. The van der Waals surface area contributed by atoms with E-state index in [9.17, 15) is 13.2 Å². The Bertz CT molecular complexity index is 911. The number of ether oxygens (including phenoxy) is 1. The van der Waals surface area contributed by atoms with Gasteiger partial charge in [-0.15, -0.1) is 12.4 Å². The van der Waals surface area contributed by atoms with Crippen LogP contribution in [0.5, 0.6) is 0 Å². The number of hydrogen-bond acceptors (Lipinski definition) is 5. The molecule has 1 aliphatic rings. The van der Waals surface area contributed by atoms with Crippen molar-refractivity contribution in [1.29, 1.82) is 0 Å². The summed E-state index contributed by atoms with van der Waals surface area (Å²) >= 11 is 0. The first-order valence-corrected chi connectivity index (χ1v) is 10.1. The second-order valence-corrected chi connectivity index (χ2v) is 8.57. The van der Waals surface area contributed by atoms with Gasteiger partial charge in [0.1, 0.15) is 0 Å². The van der Waals surface area contributed by atoms with Gasteiger partial charge in [-0.1, -0.05) is 6.07 Å². The molecule has 0 bridgehead atoms. The molecule has 1 amide bonds. The molecule has 3 rings (SSSR count). The largest absolute Gasteiger partial charge is 0.378 e. The van der Waals surface area contributed by atoms with Gasteiger partial charge in [0.15, 0.2) is 0 Å². The van der Waals surface area contributed by atoms with Crippen molar-refractivity contribution in [3.05, 3.63) is 54.1 Å². The number of halogens is 1. The van der Waals surface area contributed by atoms with Gasteiger partial charge in [-0.25, -0.2) is 12.7 Å². The highest BCUT2D eigenvalue weighted by Crippen LogP contribution is 2.20. The normalized spacial score (nSPS) is 14.5. The van der Waals surface area contributed by atoms with Gasteiger partial charge in [0.2, 0.25) is 10.0 Å². The van der Waals surface area contributed by atoms with E-state index in [1.54, 1.807) is 12.1 Å². The molecule has 0 aliphatic carbocycles. The van der Waals surface area contributed by atoms with Crippen molar-refractivity contribution in [3.63, 3.8) is 0 Å². The lowest BCUT2D eigenvalue weighted by atomic mass is 10.2. The van der Waals surface area contributed by atoms with Crippen LogP contribution in [0.25, 0.3) is 0 Å². The van der Waals surface area contributed by atoms with Gasteiger partial charge < -0.3 is 15.0 Å². The van der Waals surface area contributed by atoms with Crippen molar-refractivity contribution >= 4 is 39.7 Å². The van der Waals surface area contributed by atoms with Crippen molar-refractivity contribution in [2.24, 2.45) is 0 Å². The number of nitrogens with one attached hydrogen (secondary N) is 1. The van der Waals surface area contributed by atoms with Crippen molar-refractivity contribution < 1.29 is 17.9 Å². The number of morpholine rings is 1. The molecule has 0 spiro atoms.